The Morgan fingerprint density at radius 1 is 0.967 bits per heavy atom. The van der Waals surface area contributed by atoms with E-state index in [4.69, 9.17) is 14.2 Å². The summed E-state index contributed by atoms with van der Waals surface area (Å²) in [5.41, 5.74) is 0.188. The van der Waals surface area contributed by atoms with Gasteiger partial charge in [-0.15, -0.1) is 0 Å². The number of hydrogen-bond donors (Lipinski definition) is 2. The highest BCUT2D eigenvalue weighted by Crippen LogP contribution is 2.68. The summed E-state index contributed by atoms with van der Waals surface area (Å²) in [6.45, 7) is 0. The van der Waals surface area contributed by atoms with E-state index in [9.17, 15) is 10.2 Å². The molecule has 0 radical (unpaired) electrons. The molecule has 2 N–H and O–H groups in total. The maximum atomic E-state index is 12.2. The van der Waals surface area contributed by atoms with Gasteiger partial charge in [-0.1, -0.05) is 42.5 Å². The summed E-state index contributed by atoms with van der Waals surface area (Å²) in [4.78, 5) is 0. The van der Waals surface area contributed by atoms with Gasteiger partial charge in [-0.2, -0.15) is 0 Å². The highest BCUT2D eigenvalue weighted by molar-refractivity contribution is 5.61. The monoisotopic (exact) mass is 404 g/mol. The summed E-state index contributed by atoms with van der Waals surface area (Å²) < 4.78 is 17.5. The third-order valence-corrected chi connectivity index (χ3v) is 6.58. The largest absolute Gasteiger partial charge is 0.508 e. The van der Waals surface area contributed by atoms with Crippen molar-refractivity contribution in [2.45, 2.75) is 30.0 Å². The molecule has 30 heavy (non-hydrogen) atoms. The average molecular weight is 404 g/mol. The quantitative estimate of drug-likeness (QED) is 0.672. The predicted octanol–water partition coefficient (Wildman–Crippen LogP) is 4.46. The minimum absolute atomic E-state index is 0.0373. The third kappa shape index (κ3) is 2.39. The molecule has 0 bridgehead atoms. The van der Waals surface area contributed by atoms with Gasteiger partial charge in [0.05, 0.1) is 19.8 Å². The molecular weight excluding hydrogens is 380 g/mol. The van der Waals surface area contributed by atoms with Crippen LogP contribution < -0.4 is 14.2 Å². The standard InChI is InChI=1S/C25H24O5/c1-28-19-10-8-17(9-11-19)25-20(16-6-4-3-5-7-16)12-13-24(25,27)23-21(29-2)14-18(26)15-22(23)30-25/h3-11,14-15,20,26-27H,12-13H2,1-2H3/t20-,24+,25-/m0/s1. The topological polar surface area (TPSA) is 68.2 Å². The maximum Gasteiger partial charge on any atom is 0.174 e. The van der Waals surface area contributed by atoms with E-state index in [1.54, 1.807) is 13.2 Å². The van der Waals surface area contributed by atoms with Crippen LogP contribution in [0.2, 0.25) is 0 Å². The molecule has 1 aliphatic carbocycles. The molecular formula is C25H24O5. The molecule has 0 saturated heterocycles. The van der Waals surface area contributed by atoms with Gasteiger partial charge < -0.3 is 24.4 Å². The van der Waals surface area contributed by atoms with E-state index in [2.05, 4.69) is 12.1 Å². The zero-order valence-electron chi connectivity index (χ0n) is 17.0. The molecule has 0 unspecified atom stereocenters. The van der Waals surface area contributed by atoms with E-state index >= 15 is 0 Å². The summed E-state index contributed by atoms with van der Waals surface area (Å²) in [5.74, 6) is 1.56. The van der Waals surface area contributed by atoms with E-state index in [1.807, 2.05) is 42.5 Å². The second kappa shape index (κ2) is 6.67. The first kappa shape index (κ1) is 18.8. The summed E-state index contributed by atoms with van der Waals surface area (Å²) in [5, 5.41) is 22.4. The Kier molecular flexibility index (Phi) is 4.19. The number of hydrogen-bond acceptors (Lipinski definition) is 5. The SMILES string of the molecule is COc1ccc([C@@]23Oc4cc(O)cc(OC)c4[C@]2(O)CC[C@H]3c2ccccc2)cc1. The number of phenols is 1. The Morgan fingerprint density at radius 3 is 2.37 bits per heavy atom. The van der Waals surface area contributed by atoms with Crippen LogP contribution in [0.4, 0.5) is 0 Å². The highest BCUT2D eigenvalue weighted by Gasteiger charge is 2.69. The molecule has 1 saturated carbocycles. The number of methoxy groups -OCH3 is 2. The Bertz CT molecular complexity index is 1080. The zero-order valence-corrected chi connectivity index (χ0v) is 17.0. The highest BCUT2D eigenvalue weighted by atomic mass is 16.5. The lowest BCUT2D eigenvalue weighted by atomic mass is 9.71. The van der Waals surface area contributed by atoms with Crippen molar-refractivity contribution in [2.24, 2.45) is 0 Å². The Balaban J connectivity index is 1.77. The number of aliphatic hydroxyl groups is 1. The van der Waals surface area contributed by atoms with Crippen LogP contribution in [0.15, 0.2) is 66.7 Å². The van der Waals surface area contributed by atoms with Gasteiger partial charge in [-0.3, -0.25) is 0 Å². The van der Waals surface area contributed by atoms with Crippen LogP contribution in [0.5, 0.6) is 23.0 Å². The normalized spacial score (nSPS) is 26.6. The Labute approximate surface area is 175 Å². The lowest BCUT2D eigenvalue weighted by Crippen LogP contribution is -2.48. The molecule has 1 heterocycles. The molecule has 2 aliphatic rings. The fraction of sp³-hybridized carbons (Fsp3) is 0.280. The second-order valence-electron chi connectivity index (χ2n) is 7.95. The average Bonchev–Trinajstić information content (AvgIpc) is 3.20. The van der Waals surface area contributed by atoms with Crippen LogP contribution in [-0.2, 0) is 11.2 Å². The lowest BCUT2D eigenvalue weighted by molar-refractivity contribution is -0.106. The minimum Gasteiger partial charge on any atom is -0.508 e. The third-order valence-electron chi connectivity index (χ3n) is 6.58. The van der Waals surface area contributed by atoms with Crippen molar-refractivity contribution in [1.29, 1.82) is 0 Å². The number of ether oxygens (including phenoxy) is 3. The van der Waals surface area contributed by atoms with Crippen molar-refractivity contribution in [3.05, 3.63) is 83.4 Å². The summed E-state index contributed by atoms with van der Waals surface area (Å²) in [7, 11) is 3.16. The number of rotatable bonds is 4. The van der Waals surface area contributed by atoms with E-state index in [1.165, 1.54) is 13.2 Å². The molecule has 3 aromatic rings. The van der Waals surface area contributed by atoms with E-state index < -0.39 is 11.2 Å². The number of phenolic OH excluding ortho intramolecular Hbond substituents is 1. The van der Waals surface area contributed by atoms with Crippen molar-refractivity contribution < 1.29 is 24.4 Å². The van der Waals surface area contributed by atoms with Gasteiger partial charge in [-0.05, 0) is 36.1 Å². The molecule has 1 fully saturated rings. The first-order valence-corrected chi connectivity index (χ1v) is 10.1. The molecule has 154 valence electrons. The summed E-state index contributed by atoms with van der Waals surface area (Å²) >= 11 is 0. The molecule has 3 atom stereocenters. The van der Waals surface area contributed by atoms with Gasteiger partial charge in [0, 0.05) is 18.1 Å². The van der Waals surface area contributed by atoms with Crippen LogP contribution >= 0.6 is 0 Å². The smallest absolute Gasteiger partial charge is 0.174 e. The van der Waals surface area contributed by atoms with Crippen molar-refractivity contribution in [3.63, 3.8) is 0 Å². The molecule has 1 aliphatic heterocycles. The van der Waals surface area contributed by atoms with Gasteiger partial charge in [-0.25, -0.2) is 0 Å². The van der Waals surface area contributed by atoms with Crippen LogP contribution in [0, 0.1) is 0 Å². The fourth-order valence-electron chi connectivity index (χ4n) is 5.32. The Hall–Kier alpha value is -3.18. The van der Waals surface area contributed by atoms with E-state index in [0.29, 0.717) is 23.5 Å². The molecule has 5 nitrogen and oxygen atoms in total. The van der Waals surface area contributed by atoms with Crippen molar-refractivity contribution >= 4 is 0 Å². The summed E-state index contributed by atoms with van der Waals surface area (Å²) in [6, 6.07) is 20.9. The van der Waals surface area contributed by atoms with Crippen LogP contribution in [-0.4, -0.2) is 24.4 Å². The first-order chi connectivity index (χ1) is 14.5. The zero-order chi connectivity index (χ0) is 20.9. The first-order valence-electron chi connectivity index (χ1n) is 10.1. The molecule has 5 rings (SSSR count). The van der Waals surface area contributed by atoms with E-state index in [0.717, 1.165) is 23.3 Å². The fourth-order valence-corrected chi connectivity index (χ4v) is 5.32. The van der Waals surface area contributed by atoms with Gasteiger partial charge in [0.2, 0.25) is 0 Å². The van der Waals surface area contributed by atoms with Crippen LogP contribution in [0.25, 0.3) is 0 Å². The van der Waals surface area contributed by atoms with Crippen LogP contribution in [0.1, 0.15) is 35.4 Å². The maximum absolute atomic E-state index is 12.2. The number of fused-ring (bicyclic) bond motifs is 3. The second-order valence-corrected chi connectivity index (χ2v) is 7.95. The molecule has 3 aromatic carbocycles. The summed E-state index contributed by atoms with van der Waals surface area (Å²) in [6.07, 6.45) is 1.25. The lowest BCUT2D eigenvalue weighted by Gasteiger charge is -2.40. The Morgan fingerprint density at radius 2 is 1.70 bits per heavy atom. The van der Waals surface area contributed by atoms with Gasteiger partial charge in [0.15, 0.2) is 5.60 Å². The molecule has 0 aromatic heterocycles. The molecule has 5 heteroatoms. The van der Waals surface area contributed by atoms with Gasteiger partial charge >= 0.3 is 0 Å². The van der Waals surface area contributed by atoms with Crippen molar-refractivity contribution in [3.8, 4) is 23.0 Å². The van der Waals surface area contributed by atoms with E-state index in [-0.39, 0.29) is 11.7 Å². The van der Waals surface area contributed by atoms with Gasteiger partial charge in [0.1, 0.15) is 28.6 Å². The molecule has 0 amide bonds. The van der Waals surface area contributed by atoms with Crippen molar-refractivity contribution in [1.82, 2.24) is 0 Å². The molecule has 0 spiro atoms. The van der Waals surface area contributed by atoms with Gasteiger partial charge in [0.25, 0.3) is 0 Å². The van der Waals surface area contributed by atoms with Crippen LogP contribution in [0.3, 0.4) is 0 Å². The number of aromatic hydroxyl groups is 1. The van der Waals surface area contributed by atoms with Crippen molar-refractivity contribution in [2.75, 3.05) is 14.2 Å². The number of benzene rings is 3. The predicted molar refractivity (Wildman–Crippen MR) is 112 cm³/mol. The minimum atomic E-state index is -1.31.